The summed E-state index contributed by atoms with van der Waals surface area (Å²) >= 11 is 0. The topological polar surface area (TPSA) is 63.5 Å². The Hall–Kier alpha value is -2.77. The fourth-order valence-electron chi connectivity index (χ4n) is 3.52. The van der Waals surface area contributed by atoms with Gasteiger partial charge in [-0.25, -0.2) is 4.98 Å². The van der Waals surface area contributed by atoms with Crippen molar-refractivity contribution in [3.8, 4) is 0 Å². The number of ether oxygens (including phenoxy) is 1. The number of nitrogens with zero attached hydrogens (tertiary/aromatic N) is 5. The minimum atomic E-state index is -0.0200. The quantitative estimate of drug-likeness (QED) is 0.655. The lowest BCUT2D eigenvalue weighted by atomic mass is 10.2. The fourth-order valence-corrected chi connectivity index (χ4v) is 3.52. The van der Waals surface area contributed by atoms with Crippen molar-refractivity contribution in [1.29, 1.82) is 0 Å². The molecule has 1 saturated heterocycles. The third kappa shape index (κ3) is 4.05. The lowest BCUT2D eigenvalue weighted by molar-refractivity contribution is 0.0318. The van der Waals surface area contributed by atoms with E-state index in [1.54, 1.807) is 18.5 Å². The number of benzene rings is 1. The molecule has 1 amide bonds. The van der Waals surface area contributed by atoms with Crippen LogP contribution in [0.4, 0.5) is 0 Å². The molecule has 146 valence electrons. The maximum Gasteiger partial charge on any atom is 0.255 e. The predicted molar refractivity (Wildman–Crippen MR) is 107 cm³/mol. The van der Waals surface area contributed by atoms with E-state index in [1.165, 1.54) is 0 Å². The van der Waals surface area contributed by atoms with Gasteiger partial charge in [0.1, 0.15) is 5.82 Å². The van der Waals surface area contributed by atoms with Crippen molar-refractivity contribution in [2.45, 2.75) is 6.54 Å². The summed E-state index contributed by atoms with van der Waals surface area (Å²) in [6.45, 7) is 5.23. The normalized spacial score (nSPS) is 15.0. The molecule has 7 nitrogen and oxygen atoms in total. The summed E-state index contributed by atoms with van der Waals surface area (Å²) in [5.41, 5.74) is 2.62. The summed E-state index contributed by atoms with van der Waals surface area (Å²) in [6.07, 6.45) is 3.30. The van der Waals surface area contributed by atoms with Crippen LogP contribution in [0.2, 0.25) is 0 Å². The number of hydrogen-bond acceptors (Lipinski definition) is 5. The molecule has 1 aliphatic heterocycles. The molecule has 2 aromatic heterocycles. The maximum atomic E-state index is 13.2. The van der Waals surface area contributed by atoms with Crippen LogP contribution < -0.4 is 0 Å². The van der Waals surface area contributed by atoms with Gasteiger partial charge in [0.05, 0.1) is 36.4 Å². The molecular weight excluding hydrogens is 354 g/mol. The van der Waals surface area contributed by atoms with E-state index < -0.39 is 0 Å². The number of para-hydroxylation sites is 2. The number of fused-ring (bicyclic) bond motifs is 1. The highest BCUT2D eigenvalue weighted by Gasteiger charge is 2.21. The van der Waals surface area contributed by atoms with Crippen molar-refractivity contribution in [2.75, 3.05) is 39.4 Å². The van der Waals surface area contributed by atoms with Crippen molar-refractivity contribution in [2.24, 2.45) is 7.05 Å². The van der Waals surface area contributed by atoms with E-state index >= 15 is 0 Å². The molecule has 0 saturated carbocycles. The number of hydrogen-bond donors (Lipinski definition) is 0. The van der Waals surface area contributed by atoms with Crippen LogP contribution in [0.25, 0.3) is 11.0 Å². The predicted octanol–water partition coefficient (Wildman–Crippen LogP) is 1.94. The summed E-state index contributed by atoms with van der Waals surface area (Å²) in [5.74, 6) is 0.855. The molecule has 0 aliphatic carbocycles. The van der Waals surface area contributed by atoms with Crippen LogP contribution in [-0.2, 0) is 18.3 Å². The summed E-state index contributed by atoms with van der Waals surface area (Å²) in [4.78, 5) is 26.2. The van der Waals surface area contributed by atoms with Crippen LogP contribution in [0, 0.1) is 0 Å². The summed E-state index contributed by atoms with van der Waals surface area (Å²) < 4.78 is 7.49. The van der Waals surface area contributed by atoms with Crippen molar-refractivity contribution in [3.63, 3.8) is 0 Å². The Balaban J connectivity index is 1.56. The Labute approximate surface area is 164 Å². The zero-order valence-electron chi connectivity index (χ0n) is 16.1. The molecule has 7 heteroatoms. The number of amides is 1. The van der Waals surface area contributed by atoms with Gasteiger partial charge in [0.25, 0.3) is 5.91 Å². The molecule has 0 N–H and O–H groups in total. The van der Waals surface area contributed by atoms with Gasteiger partial charge in [0.2, 0.25) is 0 Å². The molecule has 1 fully saturated rings. The zero-order chi connectivity index (χ0) is 19.3. The lowest BCUT2D eigenvalue weighted by Crippen LogP contribution is -2.43. The molecule has 0 radical (unpaired) electrons. The average molecular weight is 379 g/mol. The Bertz CT molecular complexity index is 934. The minimum absolute atomic E-state index is 0.0200. The van der Waals surface area contributed by atoms with E-state index in [1.807, 2.05) is 42.3 Å². The number of rotatable bonds is 6. The second-order valence-corrected chi connectivity index (χ2v) is 7.00. The highest BCUT2D eigenvalue weighted by Crippen LogP contribution is 2.17. The van der Waals surface area contributed by atoms with Gasteiger partial charge in [-0.2, -0.15) is 0 Å². The van der Waals surface area contributed by atoms with Crippen LogP contribution in [0.5, 0.6) is 0 Å². The number of imidazole rings is 1. The van der Waals surface area contributed by atoms with Crippen LogP contribution in [0.15, 0.2) is 48.8 Å². The van der Waals surface area contributed by atoms with Crippen molar-refractivity contribution >= 4 is 16.9 Å². The molecule has 28 heavy (non-hydrogen) atoms. The molecule has 3 aromatic rings. The third-order valence-electron chi connectivity index (χ3n) is 5.20. The molecular formula is C21H25N5O2. The number of morpholine rings is 1. The van der Waals surface area contributed by atoms with Crippen LogP contribution in [0.3, 0.4) is 0 Å². The first-order valence-corrected chi connectivity index (χ1v) is 9.62. The highest BCUT2D eigenvalue weighted by molar-refractivity contribution is 5.93. The summed E-state index contributed by atoms with van der Waals surface area (Å²) in [6, 6.07) is 11.6. The molecule has 0 unspecified atom stereocenters. The first kappa shape index (κ1) is 18.6. The standard InChI is InChI=1S/C21H25N5O2/c1-24-19-7-3-2-6-18(19)23-20(24)16-26(10-9-25-11-13-28-14-12-25)21(27)17-5-4-8-22-15-17/h2-8,15H,9-14,16H2,1H3. The Morgan fingerprint density at radius 3 is 2.75 bits per heavy atom. The Kier molecular flexibility index (Phi) is 5.64. The van der Waals surface area contributed by atoms with Crippen molar-refractivity contribution in [1.82, 2.24) is 24.3 Å². The second kappa shape index (κ2) is 8.50. The highest BCUT2D eigenvalue weighted by atomic mass is 16.5. The monoisotopic (exact) mass is 379 g/mol. The number of aromatic nitrogens is 3. The number of carbonyl (C=O) groups excluding carboxylic acids is 1. The Morgan fingerprint density at radius 2 is 2.00 bits per heavy atom. The largest absolute Gasteiger partial charge is 0.379 e. The smallest absolute Gasteiger partial charge is 0.255 e. The SMILES string of the molecule is Cn1c(CN(CCN2CCOCC2)C(=O)c2cccnc2)nc2ccccc21. The molecule has 4 rings (SSSR count). The Morgan fingerprint density at radius 1 is 1.18 bits per heavy atom. The van der Waals surface area contributed by atoms with Gasteiger partial charge in [0, 0.05) is 45.6 Å². The van der Waals surface area contributed by atoms with E-state index in [-0.39, 0.29) is 5.91 Å². The van der Waals surface area contributed by atoms with E-state index in [4.69, 9.17) is 9.72 Å². The van der Waals surface area contributed by atoms with Gasteiger partial charge >= 0.3 is 0 Å². The van der Waals surface area contributed by atoms with Gasteiger partial charge < -0.3 is 14.2 Å². The van der Waals surface area contributed by atoms with Crippen LogP contribution in [-0.4, -0.2) is 69.6 Å². The third-order valence-corrected chi connectivity index (χ3v) is 5.20. The van der Waals surface area contributed by atoms with Crippen LogP contribution >= 0.6 is 0 Å². The molecule has 0 bridgehead atoms. The zero-order valence-corrected chi connectivity index (χ0v) is 16.1. The van der Waals surface area contributed by atoms with Crippen molar-refractivity contribution < 1.29 is 9.53 Å². The van der Waals surface area contributed by atoms with Crippen molar-refractivity contribution in [3.05, 3.63) is 60.2 Å². The molecule has 0 atom stereocenters. The van der Waals surface area contributed by atoms with Gasteiger partial charge in [-0.1, -0.05) is 12.1 Å². The summed E-state index contributed by atoms with van der Waals surface area (Å²) in [7, 11) is 2.00. The van der Waals surface area contributed by atoms with Crippen LogP contribution in [0.1, 0.15) is 16.2 Å². The first-order valence-electron chi connectivity index (χ1n) is 9.62. The van der Waals surface area contributed by atoms with E-state index in [0.29, 0.717) is 18.7 Å². The first-order chi connectivity index (χ1) is 13.7. The van der Waals surface area contributed by atoms with Gasteiger partial charge in [-0.15, -0.1) is 0 Å². The second-order valence-electron chi connectivity index (χ2n) is 7.00. The maximum absolute atomic E-state index is 13.2. The van der Waals surface area contributed by atoms with E-state index in [2.05, 4.69) is 14.5 Å². The number of pyridine rings is 1. The van der Waals surface area contributed by atoms with Gasteiger partial charge in [-0.05, 0) is 24.3 Å². The minimum Gasteiger partial charge on any atom is -0.379 e. The molecule has 0 spiro atoms. The molecule has 1 aromatic carbocycles. The van der Waals surface area contributed by atoms with Gasteiger partial charge in [-0.3, -0.25) is 14.7 Å². The number of carbonyl (C=O) groups is 1. The lowest BCUT2D eigenvalue weighted by Gasteiger charge is -2.30. The molecule has 3 heterocycles. The number of aryl methyl sites for hydroxylation is 1. The summed E-state index contributed by atoms with van der Waals surface area (Å²) in [5, 5.41) is 0. The molecule has 1 aliphatic rings. The average Bonchev–Trinajstić information content (AvgIpc) is 3.07. The van der Waals surface area contributed by atoms with E-state index in [9.17, 15) is 4.79 Å². The van der Waals surface area contributed by atoms with E-state index in [0.717, 1.165) is 49.7 Å². The fraction of sp³-hybridized carbons (Fsp3) is 0.381. The van der Waals surface area contributed by atoms with Gasteiger partial charge in [0.15, 0.2) is 0 Å².